The van der Waals surface area contributed by atoms with Gasteiger partial charge in [-0.15, -0.1) is 0 Å². The van der Waals surface area contributed by atoms with Crippen LogP contribution in [0.15, 0.2) is 54.6 Å². The van der Waals surface area contributed by atoms with E-state index < -0.39 is 0 Å². The SMILES string of the molecule is CCOc1ccccc1-c1nc(C(=O)NCCCN2CCOCC2)cc2c1[nH]c1ccccc12. The van der Waals surface area contributed by atoms with E-state index in [0.717, 1.165) is 78.1 Å². The number of amides is 1. The van der Waals surface area contributed by atoms with Crippen molar-refractivity contribution in [3.05, 3.63) is 60.3 Å². The van der Waals surface area contributed by atoms with Crippen LogP contribution in [0.5, 0.6) is 5.75 Å². The average Bonchev–Trinajstić information content (AvgIpc) is 3.26. The van der Waals surface area contributed by atoms with Crippen LogP contribution in [0.2, 0.25) is 0 Å². The van der Waals surface area contributed by atoms with E-state index in [0.29, 0.717) is 18.8 Å². The molecule has 2 N–H and O–H groups in total. The van der Waals surface area contributed by atoms with E-state index in [9.17, 15) is 4.79 Å². The smallest absolute Gasteiger partial charge is 0.269 e. The summed E-state index contributed by atoms with van der Waals surface area (Å²) in [6, 6.07) is 17.8. The topological polar surface area (TPSA) is 79.5 Å². The van der Waals surface area contributed by atoms with Crippen LogP contribution in [-0.4, -0.2) is 66.8 Å². The van der Waals surface area contributed by atoms with Crippen molar-refractivity contribution in [3.8, 4) is 17.0 Å². The van der Waals surface area contributed by atoms with Gasteiger partial charge in [0.25, 0.3) is 5.91 Å². The first-order valence-corrected chi connectivity index (χ1v) is 12.0. The molecule has 3 heterocycles. The van der Waals surface area contributed by atoms with Gasteiger partial charge in [0, 0.05) is 41.5 Å². The lowest BCUT2D eigenvalue weighted by atomic mass is 10.1. The van der Waals surface area contributed by atoms with E-state index in [4.69, 9.17) is 14.5 Å². The third kappa shape index (κ3) is 4.62. The van der Waals surface area contributed by atoms with Gasteiger partial charge in [0.05, 0.1) is 31.0 Å². The van der Waals surface area contributed by atoms with E-state index in [1.54, 1.807) is 0 Å². The zero-order chi connectivity index (χ0) is 23.3. The number of hydrogen-bond acceptors (Lipinski definition) is 5. The van der Waals surface area contributed by atoms with E-state index in [-0.39, 0.29) is 5.91 Å². The predicted molar refractivity (Wildman–Crippen MR) is 134 cm³/mol. The van der Waals surface area contributed by atoms with Crippen molar-refractivity contribution in [2.24, 2.45) is 0 Å². The molecule has 5 rings (SSSR count). The van der Waals surface area contributed by atoms with Crippen molar-refractivity contribution in [2.45, 2.75) is 13.3 Å². The summed E-state index contributed by atoms with van der Waals surface area (Å²) in [7, 11) is 0. The Morgan fingerprint density at radius 3 is 2.76 bits per heavy atom. The van der Waals surface area contributed by atoms with Crippen LogP contribution in [0.4, 0.5) is 0 Å². The van der Waals surface area contributed by atoms with Crippen molar-refractivity contribution in [1.29, 1.82) is 0 Å². The fraction of sp³-hybridized carbons (Fsp3) is 0.333. The number of ether oxygens (including phenoxy) is 2. The fourth-order valence-electron chi connectivity index (χ4n) is 4.52. The zero-order valence-corrected chi connectivity index (χ0v) is 19.5. The zero-order valence-electron chi connectivity index (χ0n) is 19.5. The first kappa shape index (κ1) is 22.4. The number of H-pyrrole nitrogens is 1. The summed E-state index contributed by atoms with van der Waals surface area (Å²) in [5, 5.41) is 5.10. The molecule has 7 nitrogen and oxygen atoms in total. The molecule has 1 fully saturated rings. The van der Waals surface area contributed by atoms with Crippen LogP contribution in [0.3, 0.4) is 0 Å². The number of fused-ring (bicyclic) bond motifs is 3. The molecule has 0 radical (unpaired) electrons. The highest BCUT2D eigenvalue weighted by molar-refractivity contribution is 6.13. The summed E-state index contributed by atoms with van der Waals surface area (Å²) >= 11 is 0. The molecule has 7 heteroatoms. The molecule has 4 aromatic rings. The summed E-state index contributed by atoms with van der Waals surface area (Å²) in [5.74, 6) is 0.588. The van der Waals surface area contributed by atoms with Crippen molar-refractivity contribution in [1.82, 2.24) is 20.2 Å². The number of nitrogens with one attached hydrogen (secondary N) is 2. The molecule has 0 spiro atoms. The van der Waals surface area contributed by atoms with E-state index in [2.05, 4.69) is 21.3 Å². The van der Waals surface area contributed by atoms with Gasteiger partial charge in [0.15, 0.2) is 0 Å². The lowest BCUT2D eigenvalue weighted by Crippen LogP contribution is -2.38. The van der Waals surface area contributed by atoms with E-state index in [1.807, 2.05) is 55.5 Å². The summed E-state index contributed by atoms with van der Waals surface area (Å²) in [6.45, 7) is 7.55. The second-order valence-electron chi connectivity index (χ2n) is 8.44. The van der Waals surface area contributed by atoms with Gasteiger partial charge in [-0.05, 0) is 44.2 Å². The van der Waals surface area contributed by atoms with Gasteiger partial charge in [0.1, 0.15) is 11.4 Å². The Balaban J connectivity index is 1.46. The number of pyridine rings is 1. The molecule has 34 heavy (non-hydrogen) atoms. The van der Waals surface area contributed by atoms with E-state index in [1.165, 1.54) is 0 Å². The summed E-state index contributed by atoms with van der Waals surface area (Å²) < 4.78 is 11.3. The summed E-state index contributed by atoms with van der Waals surface area (Å²) in [5.41, 5.74) is 3.90. The molecule has 2 aromatic carbocycles. The van der Waals surface area contributed by atoms with Gasteiger partial charge >= 0.3 is 0 Å². The maximum atomic E-state index is 13.1. The van der Waals surface area contributed by atoms with Gasteiger partial charge in [-0.1, -0.05) is 30.3 Å². The number of morpholine rings is 1. The first-order chi connectivity index (χ1) is 16.7. The highest BCUT2D eigenvalue weighted by Gasteiger charge is 2.19. The first-order valence-electron chi connectivity index (χ1n) is 12.0. The Morgan fingerprint density at radius 2 is 1.91 bits per heavy atom. The molecule has 1 amide bonds. The Hall–Kier alpha value is -3.42. The number of hydrogen-bond donors (Lipinski definition) is 2. The van der Waals surface area contributed by atoms with Crippen LogP contribution < -0.4 is 10.1 Å². The molecule has 176 valence electrons. The largest absolute Gasteiger partial charge is 0.493 e. The standard InChI is InChI=1S/C27H30N4O3/c1-2-34-24-11-6-4-9-20(24)25-26-21(19-8-3-5-10-22(19)29-26)18-23(30-25)27(32)28-12-7-13-31-14-16-33-17-15-31/h3-6,8-11,18,29H,2,7,12-17H2,1H3,(H,28,32). The Morgan fingerprint density at radius 1 is 1.12 bits per heavy atom. The highest BCUT2D eigenvalue weighted by Crippen LogP contribution is 2.36. The summed E-state index contributed by atoms with van der Waals surface area (Å²) in [6.07, 6.45) is 0.890. The monoisotopic (exact) mass is 458 g/mol. The van der Waals surface area contributed by atoms with Gasteiger partial charge in [-0.25, -0.2) is 4.98 Å². The van der Waals surface area contributed by atoms with Gasteiger partial charge in [0.2, 0.25) is 0 Å². The average molecular weight is 459 g/mol. The number of aromatic nitrogens is 2. The molecular weight excluding hydrogens is 428 g/mol. The second kappa shape index (κ2) is 10.2. The number of rotatable bonds is 8. The lowest BCUT2D eigenvalue weighted by Gasteiger charge is -2.26. The summed E-state index contributed by atoms with van der Waals surface area (Å²) in [4.78, 5) is 23.8. The molecular formula is C27H30N4O3. The molecule has 0 unspecified atom stereocenters. The molecule has 0 saturated carbocycles. The molecule has 0 aliphatic carbocycles. The van der Waals surface area contributed by atoms with Crippen LogP contribution in [0, 0.1) is 0 Å². The fourth-order valence-corrected chi connectivity index (χ4v) is 4.52. The Kier molecular flexibility index (Phi) is 6.74. The van der Waals surface area contributed by atoms with Crippen LogP contribution in [-0.2, 0) is 4.74 Å². The maximum Gasteiger partial charge on any atom is 0.269 e. The lowest BCUT2D eigenvalue weighted by molar-refractivity contribution is 0.0374. The van der Waals surface area contributed by atoms with Gasteiger partial charge in [-0.3, -0.25) is 9.69 Å². The minimum absolute atomic E-state index is 0.163. The molecule has 1 aliphatic rings. The maximum absolute atomic E-state index is 13.1. The Bertz CT molecular complexity index is 1290. The quantitative estimate of drug-likeness (QED) is 0.386. The van der Waals surface area contributed by atoms with Crippen molar-refractivity contribution < 1.29 is 14.3 Å². The van der Waals surface area contributed by atoms with Crippen molar-refractivity contribution >= 4 is 27.7 Å². The number of nitrogens with zero attached hydrogens (tertiary/aromatic N) is 2. The third-order valence-corrected chi connectivity index (χ3v) is 6.21. The minimum Gasteiger partial charge on any atom is -0.493 e. The highest BCUT2D eigenvalue weighted by atomic mass is 16.5. The number of aromatic amines is 1. The number of carbonyl (C=O) groups is 1. The molecule has 0 atom stereocenters. The molecule has 2 aromatic heterocycles. The van der Waals surface area contributed by atoms with Crippen LogP contribution in [0.25, 0.3) is 33.1 Å². The molecule has 0 bridgehead atoms. The second-order valence-corrected chi connectivity index (χ2v) is 8.44. The van der Waals surface area contributed by atoms with Gasteiger partial charge in [-0.2, -0.15) is 0 Å². The number of benzene rings is 2. The Labute approximate surface area is 199 Å². The van der Waals surface area contributed by atoms with Crippen molar-refractivity contribution in [3.63, 3.8) is 0 Å². The molecule has 1 aliphatic heterocycles. The minimum atomic E-state index is -0.163. The van der Waals surface area contributed by atoms with Crippen molar-refractivity contribution in [2.75, 3.05) is 46.0 Å². The third-order valence-electron chi connectivity index (χ3n) is 6.21. The molecule has 1 saturated heterocycles. The number of para-hydroxylation sites is 2. The predicted octanol–water partition coefficient (Wildman–Crippen LogP) is 4.23. The number of carbonyl (C=O) groups excluding carboxylic acids is 1. The van der Waals surface area contributed by atoms with Crippen LogP contribution >= 0.6 is 0 Å². The normalized spacial score (nSPS) is 14.5. The van der Waals surface area contributed by atoms with Crippen LogP contribution in [0.1, 0.15) is 23.8 Å². The van der Waals surface area contributed by atoms with E-state index >= 15 is 0 Å². The van der Waals surface area contributed by atoms with Gasteiger partial charge < -0.3 is 19.8 Å².